The van der Waals surface area contributed by atoms with Crippen molar-refractivity contribution in [2.75, 3.05) is 18.8 Å². The minimum absolute atomic E-state index is 0. The van der Waals surface area contributed by atoms with Gasteiger partial charge in [0.05, 0.1) is 12.4 Å². The van der Waals surface area contributed by atoms with Crippen molar-refractivity contribution in [2.24, 2.45) is 0 Å². The maximum Gasteiger partial charge on any atom is 0.293 e. The van der Waals surface area contributed by atoms with E-state index in [1.807, 2.05) is 0 Å². The van der Waals surface area contributed by atoms with Crippen molar-refractivity contribution in [3.8, 4) is 11.5 Å². The third-order valence-corrected chi connectivity index (χ3v) is 3.20. The Hall–Kier alpha value is -0.936. The van der Waals surface area contributed by atoms with Crippen LogP contribution >= 0.6 is 24.0 Å². The molecule has 7 N–H and O–H groups in total. The summed E-state index contributed by atoms with van der Waals surface area (Å²) in [5, 5.41) is 25.5. The smallest absolute Gasteiger partial charge is 0.293 e. The molecule has 0 saturated heterocycles. The number of aromatic nitrogens is 4. The molecule has 2 aromatic heterocycles. The van der Waals surface area contributed by atoms with Crippen LogP contribution in [0.25, 0.3) is 0 Å². The van der Waals surface area contributed by atoms with Gasteiger partial charge < -0.3 is 19.7 Å². The van der Waals surface area contributed by atoms with E-state index in [0.717, 1.165) is 24.9 Å². The molecule has 0 atom stereocenters. The molecule has 151 valence electrons. The van der Waals surface area contributed by atoms with Gasteiger partial charge in [-0.05, 0) is 18.5 Å². The average molecular weight is 519 g/mol. The molecule has 0 unspecified atom stereocenters. The van der Waals surface area contributed by atoms with Crippen molar-refractivity contribution >= 4 is 33.6 Å². The van der Waals surface area contributed by atoms with E-state index in [4.69, 9.17) is 20.0 Å². The molecule has 0 aliphatic rings. The van der Waals surface area contributed by atoms with E-state index < -0.39 is 20.7 Å². The second-order valence-electron chi connectivity index (χ2n) is 4.80. The van der Waals surface area contributed by atoms with Gasteiger partial charge in [0.25, 0.3) is 11.1 Å². The van der Waals surface area contributed by atoms with Crippen molar-refractivity contribution in [1.82, 2.24) is 19.9 Å². The molecule has 0 spiro atoms. The average Bonchev–Trinajstić information content (AvgIpc) is 2.54. The van der Waals surface area contributed by atoms with Crippen molar-refractivity contribution in [3.63, 3.8) is 0 Å². The van der Waals surface area contributed by atoms with E-state index in [0.29, 0.717) is 5.16 Å². The fourth-order valence-electron chi connectivity index (χ4n) is 0.878. The molecule has 16 heteroatoms. The number of H-pyrrole nitrogens is 3. The van der Waals surface area contributed by atoms with Gasteiger partial charge in [-0.25, -0.2) is 14.5 Å². The molecule has 2 rings (SSSR count). The minimum Gasteiger partial charge on any atom is -0.502 e. The Labute approximate surface area is 187 Å². The number of aromatic amines is 3. The topological polar surface area (TPSA) is 202 Å². The molecular formula is C11H18N4O8S3Y. The van der Waals surface area contributed by atoms with Gasteiger partial charge in [-0.2, -0.15) is 0 Å². The summed E-state index contributed by atoms with van der Waals surface area (Å²) in [7, 11) is -4.06. The summed E-state index contributed by atoms with van der Waals surface area (Å²) >= 11 is 5.85. The van der Waals surface area contributed by atoms with E-state index in [1.54, 1.807) is 6.26 Å². The summed E-state index contributed by atoms with van der Waals surface area (Å²) < 4.78 is 22.1. The number of nitrogens with one attached hydrogen (secondary N) is 3. The maximum atomic E-state index is 10.6. The molecule has 0 aliphatic carbocycles. The van der Waals surface area contributed by atoms with Crippen molar-refractivity contribution in [1.29, 1.82) is 0 Å². The predicted octanol–water partition coefficient (Wildman–Crippen LogP) is 0.277. The Kier molecular flexibility index (Phi) is 12.4. The third-order valence-electron chi connectivity index (χ3n) is 1.96. The number of hydrogen-bond donors (Lipinski definition) is 7. The molecule has 27 heavy (non-hydrogen) atoms. The fourth-order valence-corrected chi connectivity index (χ4v) is 1.38. The second-order valence-corrected chi connectivity index (χ2v) is 9.46. The van der Waals surface area contributed by atoms with Crippen molar-refractivity contribution < 1.29 is 61.3 Å². The zero-order valence-electron chi connectivity index (χ0n) is 14.3. The zero-order valence-corrected chi connectivity index (χ0v) is 19.6. The van der Waals surface area contributed by atoms with Crippen LogP contribution in [0.2, 0.25) is 0 Å². The maximum absolute atomic E-state index is 10.6. The first kappa shape index (κ1) is 28.3. The molecule has 0 fully saturated rings. The molecule has 2 aromatic rings. The molecular weight excluding hydrogens is 501 g/mol. The van der Waals surface area contributed by atoms with Gasteiger partial charge in [0.1, 0.15) is 9.63 Å². The SMILES string of the molecule is CS(C)(=O)(O)OO.CSc1ncc(O)c(=O)[nH]1.O=c1[nH]c(=S)[nH]cc1O.[Y]. The zero-order chi connectivity index (χ0) is 20.6. The van der Waals surface area contributed by atoms with Crippen LogP contribution in [0, 0.1) is 4.77 Å². The number of aromatic hydroxyl groups is 2. The fraction of sp³-hybridized carbons (Fsp3) is 0.273. The largest absolute Gasteiger partial charge is 0.502 e. The number of rotatable bonds is 2. The van der Waals surface area contributed by atoms with E-state index in [-0.39, 0.29) is 49.0 Å². The normalized spacial score (nSPS) is 11.4. The standard InChI is InChI=1S/C5H6N2O2S.C4H4N2O2S.C2H8O4S.Y/c1-10-5-6-2-3(8)4(9)7-5;7-2-1-5-4(9)6-3(2)8;1-7(2,4,5)6-3;/h2,8H,1H3,(H,6,7,9);1,7H,(H2,5,6,8,9);3H,1-2H3,(H,4,5);. The molecule has 0 bridgehead atoms. The van der Waals surface area contributed by atoms with E-state index >= 15 is 0 Å². The third kappa shape index (κ3) is 13.8. The van der Waals surface area contributed by atoms with Crippen molar-refractivity contribution in [2.45, 2.75) is 5.16 Å². The monoisotopic (exact) mass is 519 g/mol. The summed E-state index contributed by atoms with van der Waals surface area (Å²) in [6.07, 6.45) is 5.86. The Morgan fingerprint density at radius 3 is 2.00 bits per heavy atom. The number of thioether (sulfide) groups is 1. The Bertz CT molecular complexity index is 956. The molecule has 0 amide bonds. The van der Waals surface area contributed by atoms with E-state index in [1.165, 1.54) is 11.8 Å². The van der Waals surface area contributed by atoms with Crippen LogP contribution in [0.15, 0.2) is 27.1 Å². The molecule has 0 aromatic carbocycles. The van der Waals surface area contributed by atoms with Crippen LogP contribution in [0.5, 0.6) is 11.5 Å². The van der Waals surface area contributed by atoms with Crippen LogP contribution in [-0.4, -0.2) is 62.9 Å². The summed E-state index contributed by atoms with van der Waals surface area (Å²) in [5.41, 5.74) is -1.07. The minimum atomic E-state index is -4.06. The number of hydrogen-bond acceptors (Lipinski definition) is 10. The van der Waals surface area contributed by atoms with Crippen LogP contribution in [0.1, 0.15) is 0 Å². The second kappa shape index (κ2) is 11.8. The molecule has 12 nitrogen and oxygen atoms in total. The Morgan fingerprint density at radius 1 is 1.19 bits per heavy atom. The van der Waals surface area contributed by atoms with E-state index in [9.17, 15) is 13.8 Å². The van der Waals surface area contributed by atoms with Gasteiger partial charge in [0, 0.05) is 45.2 Å². The summed E-state index contributed by atoms with van der Waals surface area (Å²) in [5.74, 6) is -0.707. The van der Waals surface area contributed by atoms with E-state index in [2.05, 4.69) is 36.5 Å². The molecule has 0 aliphatic heterocycles. The predicted molar refractivity (Wildman–Crippen MR) is 98.5 cm³/mol. The van der Waals surface area contributed by atoms with Crippen LogP contribution < -0.4 is 11.1 Å². The van der Waals surface area contributed by atoms with Gasteiger partial charge in [0.2, 0.25) is 0 Å². The Balaban J connectivity index is 0. The van der Waals surface area contributed by atoms with Gasteiger partial charge in [0.15, 0.2) is 21.4 Å². The molecule has 2 heterocycles. The first-order chi connectivity index (χ1) is 11.7. The summed E-state index contributed by atoms with van der Waals surface area (Å²) in [6.45, 7) is 0. The van der Waals surface area contributed by atoms with Crippen molar-refractivity contribution in [3.05, 3.63) is 37.9 Å². The Morgan fingerprint density at radius 2 is 1.67 bits per heavy atom. The quantitative estimate of drug-likeness (QED) is 0.0944. The van der Waals surface area contributed by atoms with Crippen LogP contribution in [0.3, 0.4) is 0 Å². The molecule has 1 radical (unpaired) electrons. The van der Waals surface area contributed by atoms with Crippen LogP contribution in [-0.2, 0) is 46.7 Å². The molecule has 0 saturated carbocycles. The van der Waals surface area contributed by atoms with Gasteiger partial charge in [-0.15, -0.1) is 4.33 Å². The first-order valence-corrected chi connectivity index (χ1v) is 10.6. The van der Waals surface area contributed by atoms with Gasteiger partial charge in [-0.1, -0.05) is 11.8 Å². The van der Waals surface area contributed by atoms with Gasteiger partial charge in [-0.3, -0.25) is 19.6 Å². The summed E-state index contributed by atoms with van der Waals surface area (Å²) in [4.78, 5) is 31.8. The number of nitrogens with zero attached hydrogens (tertiary/aromatic N) is 1. The summed E-state index contributed by atoms with van der Waals surface area (Å²) in [6, 6.07) is 0. The van der Waals surface area contributed by atoms with Gasteiger partial charge >= 0.3 is 0 Å². The van der Waals surface area contributed by atoms with Crippen LogP contribution in [0.4, 0.5) is 0 Å². The first-order valence-electron chi connectivity index (χ1n) is 6.28.